The SMILES string of the molecule is CC(C)(CO)C(=O)O.CC(C)(CO)CO.O=C(O)CCCCC(=O)O. The van der Waals surface area contributed by atoms with Crippen molar-refractivity contribution in [3.63, 3.8) is 0 Å². The van der Waals surface area contributed by atoms with Crippen molar-refractivity contribution in [2.45, 2.75) is 53.4 Å². The fraction of sp³-hybridized carbons (Fsp3) is 0.812. The zero-order valence-corrected chi connectivity index (χ0v) is 15.4. The van der Waals surface area contributed by atoms with E-state index in [0.717, 1.165) is 0 Å². The molecule has 25 heavy (non-hydrogen) atoms. The van der Waals surface area contributed by atoms with Crippen molar-refractivity contribution in [3.05, 3.63) is 0 Å². The average Bonchev–Trinajstić information content (AvgIpc) is 2.52. The van der Waals surface area contributed by atoms with Gasteiger partial charge in [-0.05, 0) is 26.7 Å². The number of hydrogen-bond acceptors (Lipinski definition) is 6. The van der Waals surface area contributed by atoms with Gasteiger partial charge in [0.05, 0.1) is 25.2 Å². The van der Waals surface area contributed by atoms with Gasteiger partial charge in [0, 0.05) is 18.3 Å². The van der Waals surface area contributed by atoms with Crippen LogP contribution >= 0.6 is 0 Å². The Morgan fingerprint density at radius 1 is 0.680 bits per heavy atom. The predicted molar refractivity (Wildman–Crippen MR) is 90.2 cm³/mol. The molecule has 0 aliphatic heterocycles. The number of carboxylic acid groups (broad SMARTS) is 3. The molecule has 0 unspecified atom stereocenters. The van der Waals surface area contributed by atoms with Crippen molar-refractivity contribution in [2.75, 3.05) is 19.8 Å². The maximum atomic E-state index is 10.1. The van der Waals surface area contributed by atoms with E-state index in [1.54, 1.807) is 13.8 Å². The summed E-state index contributed by atoms with van der Waals surface area (Å²) in [6.07, 6.45) is 1.02. The van der Waals surface area contributed by atoms with Gasteiger partial charge in [0.1, 0.15) is 0 Å². The van der Waals surface area contributed by atoms with E-state index in [9.17, 15) is 14.4 Å². The molecule has 9 heteroatoms. The maximum absolute atomic E-state index is 10.1. The van der Waals surface area contributed by atoms with E-state index in [-0.39, 0.29) is 38.1 Å². The smallest absolute Gasteiger partial charge is 0.311 e. The van der Waals surface area contributed by atoms with Crippen LogP contribution in [0.4, 0.5) is 0 Å². The van der Waals surface area contributed by atoms with E-state index >= 15 is 0 Å². The maximum Gasteiger partial charge on any atom is 0.311 e. The van der Waals surface area contributed by atoms with Gasteiger partial charge < -0.3 is 30.6 Å². The number of aliphatic hydroxyl groups is 3. The first-order valence-corrected chi connectivity index (χ1v) is 7.75. The van der Waals surface area contributed by atoms with E-state index in [1.807, 2.05) is 0 Å². The zero-order chi connectivity index (χ0) is 20.7. The van der Waals surface area contributed by atoms with E-state index in [1.165, 1.54) is 13.8 Å². The summed E-state index contributed by atoms with van der Waals surface area (Å²) in [5, 5.41) is 49.8. The van der Waals surface area contributed by atoms with Gasteiger partial charge in [0.15, 0.2) is 0 Å². The summed E-state index contributed by atoms with van der Waals surface area (Å²) in [5.74, 6) is -2.71. The molecule has 0 spiro atoms. The minimum Gasteiger partial charge on any atom is -0.481 e. The topological polar surface area (TPSA) is 173 Å². The lowest BCUT2D eigenvalue weighted by Crippen LogP contribution is -2.27. The van der Waals surface area contributed by atoms with Crippen LogP contribution in [0, 0.1) is 10.8 Å². The summed E-state index contributed by atoms with van der Waals surface area (Å²) in [6, 6.07) is 0. The minimum atomic E-state index is -0.986. The third kappa shape index (κ3) is 22.3. The lowest BCUT2D eigenvalue weighted by molar-refractivity contribution is -0.149. The van der Waals surface area contributed by atoms with Crippen LogP contribution in [-0.2, 0) is 14.4 Å². The number of carbonyl (C=O) groups is 3. The summed E-state index contributed by atoms with van der Waals surface area (Å²) in [7, 11) is 0. The quantitative estimate of drug-likeness (QED) is 0.322. The fourth-order valence-corrected chi connectivity index (χ4v) is 0.670. The average molecular weight is 368 g/mol. The molecule has 9 nitrogen and oxygen atoms in total. The third-order valence-corrected chi connectivity index (χ3v) is 2.86. The van der Waals surface area contributed by atoms with Crippen molar-refractivity contribution in [1.82, 2.24) is 0 Å². The van der Waals surface area contributed by atoms with Crippen molar-refractivity contribution >= 4 is 17.9 Å². The molecule has 0 rings (SSSR count). The summed E-state index contributed by atoms with van der Waals surface area (Å²) >= 11 is 0. The van der Waals surface area contributed by atoms with Crippen LogP contribution < -0.4 is 0 Å². The van der Waals surface area contributed by atoms with Crippen LogP contribution in [0.15, 0.2) is 0 Å². The number of rotatable bonds is 9. The molecule has 0 saturated carbocycles. The number of carboxylic acids is 3. The molecule has 0 aliphatic rings. The number of unbranched alkanes of at least 4 members (excludes halogenated alkanes) is 1. The lowest BCUT2D eigenvalue weighted by Gasteiger charge is -2.16. The standard InChI is InChI=1S/C6H10O4.C5H10O3.C5H12O2/c7-5(8)3-1-2-4-6(9)10;1-5(2,3-6)4(7)8;1-5(2,3-6)4-7/h1-4H2,(H,7,8)(H,9,10);6H,3H2,1-2H3,(H,7,8);6-7H,3-4H2,1-2H3. The highest BCUT2D eigenvalue weighted by atomic mass is 16.4. The fourth-order valence-electron chi connectivity index (χ4n) is 0.670. The van der Waals surface area contributed by atoms with E-state index in [0.29, 0.717) is 12.8 Å². The largest absolute Gasteiger partial charge is 0.481 e. The first-order valence-electron chi connectivity index (χ1n) is 7.75. The molecule has 0 radical (unpaired) electrons. The van der Waals surface area contributed by atoms with Crippen molar-refractivity contribution in [3.8, 4) is 0 Å². The zero-order valence-electron chi connectivity index (χ0n) is 15.4. The van der Waals surface area contributed by atoms with Crippen LogP contribution in [0.25, 0.3) is 0 Å². The van der Waals surface area contributed by atoms with Crippen molar-refractivity contribution < 1.29 is 45.0 Å². The van der Waals surface area contributed by atoms with Crippen molar-refractivity contribution in [1.29, 1.82) is 0 Å². The van der Waals surface area contributed by atoms with Gasteiger partial charge in [-0.15, -0.1) is 0 Å². The second-order valence-corrected chi connectivity index (χ2v) is 6.82. The Labute approximate surface area is 147 Å². The third-order valence-electron chi connectivity index (χ3n) is 2.86. The second-order valence-electron chi connectivity index (χ2n) is 6.82. The monoisotopic (exact) mass is 368 g/mol. The normalized spacial score (nSPS) is 10.7. The Kier molecular flexibility index (Phi) is 16.4. The summed E-state index contributed by atoms with van der Waals surface area (Å²) < 4.78 is 0. The van der Waals surface area contributed by atoms with Gasteiger partial charge >= 0.3 is 17.9 Å². The summed E-state index contributed by atoms with van der Waals surface area (Å²) in [5.41, 5.74) is -1.29. The van der Waals surface area contributed by atoms with Crippen LogP contribution in [-0.4, -0.2) is 68.4 Å². The predicted octanol–water partition coefficient (Wildman–Crippen LogP) is 0.803. The van der Waals surface area contributed by atoms with Crippen LogP contribution in [0.2, 0.25) is 0 Å². The van der Waals surface area contributed by atoms with Gasteiger partial charge in [-0.25, -0.2) is 0 Å². The molecule has 0 saturated heterocycles. The van der Waals surface area contributed by atoms with Crippen LogP contribution in [0.5, 0.6) is 0 Å². The van der Waals surface area contributed by atoms with E-state index in [4.69, 9.17) is 30.6 Å². The molecule has 6 N–H and O–H groups in total. The summed E-state index contributed by atoms with van der Waals surface area (Å²) in [4.78, 5) is 29.9. The Balaban J connectivity index is -0.000000296. The lowest BCUT2D eigenvalue weighted by atomic mass is 9.96. The Hall–Kier alpha value is -1.71. The molecule has 0 bridgehead atoms. The molecule has 0 aromatic carbocycles. The molecule has 0 heterocycles. The molecule has 0 fully saturated rings. The number of aliphatic carboxylic acids is 3. The number of aliphatic hydroxyl groups excluding tert-OH is 3. The summed E-state index contributed by atoms with van der Waals surface area (Å²) in [6.45, 7) is 6.31. The highest BCUT2D eigenvalue weighted by Crippen LogP contribution is 2.12. The molecule has 150 valence electrons. The Bertz CT molecular complexity index is 367. The highest BCUT2D eigenvalue weighted by molar-refractivity contribution is 5.73. The molecular formula is C16H32O9. The minimum absolute atomic E-state index is 0.0451. The molecule has 0 atom stereocenters. The Morgan fingerprint density at radius 3 is 1.08 bits per heavy atom. The number of hydrogen-bond donors (Lipinski definition) is 6. The highest BCUT2D eigenvalue weighted by Gasteiger charge is 2.25. The van der Waals surface area contributed by atoms with Crippen LogP contribution in [0.3, 0.4) is 0 Å². The van der Waals surface area contributed by atoms with Crippen molar-refractivity contribution in [2.24, 2.45) is 10.8 Å². The van der Waals surface area contributed by atoms with E-state index < -0.39 is 23.3 Å². The van der Waals surface area contributed by atoms with Gasteiger partial charge in [-0.2, -0.15) is 0 Å². The molecule has 0 aromatic rings. The first-order chi connectivity index (χ1) is 11.3. The van der Waals surface area contributed by atoms with Gasteiger partial charge in [-0.3, -0.25) is 14.4 Å². The second kappa shape index (κ2) is 14.6. The van der Waals surface area contributed by atoms with Crippen LogP contribution in [0.1, 0.15) is 53.4 Å². The molecule has 0 amide bonds. The van der Waals surface area contributed by atoms with Gasteiger partial charge in [0.2, 0.25) is 0 Å². The molecule has 0 aromatic heterocycles. The Morgan fingerprint density at radius 2 is 1.00 bits per heavy atom. The molecular weight excluding hydrogens is 336 g/mol. The molecule has 0 aliphatic carbocycles. The van der Waals surface area contributed by atoms with Gasteiger partial charge in [-0.1, -0.05) is 13.8 Å². The van der Waals surface area contributed by atoms with Gasteiger partial charge in [0.25, 0.3) is 0 Å². The van der Waals surface area contributed by atoms with E-state index in [2.05, 4.69) is 0 Å². The first kappa shape index (κ1) is 28.1.